The van der Waals surface area contributed by atoms with Crippen molar-refractivity contribution < 1.29 is 29.1 Å². The molecule has 0 aromatic rings. The summed E-state index contributed by atoms with van der Waals surface area (Å²) in [5.74, 6) is -1.54. The molecule has 6 nitrogen and oxygen atoms in total. The molecule has 1 saturated carbocycles. The van der Waals surface area contributed by atoms with E-state index in [9.17, 15) is 9.90 Å². The highest BCUT2D eigenvalue weighted by atomic mass is 17.3. The zero-order chi connectivity index (χ0) is 15.0. The lowest BCUT2D eigenvalue weighted by Gasteiger charge is -2.58. The third kappa shape index (κ3) is 1.64. The van der Waals surface area contributed by atoms with Crippen LogP contribution in [0.4, 0.5) is 0 Å². The largest absolute Gasteiger partial charge is 0.432 e. The summed E-state index contributed by atoms with van der Waals surface area (Å²) in [4.78, 5) is 23.6. The predicted octanol–water partition coefficient (Wildman–Crippen LogP) is 1.37. The fourth-order valence-corrected chi connectivity index (χ4v) is 4.72. The molecule has 8 atom stereocenters. The molecule has 5 fully saturated rings. The van der Waals surface area contributed by atoms with Crippen LogP contribution in [0.25, 0.3) is 0 Å². The molecule has 2 bridgehead atoms. The van der Waals surface area contributed by atoms with E-state index in [-0.39, 0.29) is 29.6 Å². The van der Waals surface area contributed by atoms with Gasteiger partial charge in [0, 0.05) is 18.3 Å². The van der Waals surface area contributed by atoms with Gasteiger partial charge >= 0.3 is 5.97 Å². The van der Waals surface area contributed by atoms with Crippen LogP contribution < -0.4 is 0 Å². The van der Waals surface area contributed by atoms with E-state index in [1.165, 1.54) is 0 Å². The molecular formula is C15H22O6. The zero-order valence-electron chi connectivity index (χ0n) is 12.6. The molecule has 4 aliphatic heterocycles. The Labute approximate surface area is 123 Å². The van der Waals surface area contributed by atoms with Crippen LogP contribution in [0.3, 0.4) is 0 Å². The molecule has 1 aliphatic carbocycles. The SMILES string of the molecule is C[C@@H]1[C@H](O)C[C@H]2[C@@H](C)C(=O)O[C@@H]3O[C@]4(C)CC[C@@H]1[C@]32OO4. The second-order valence-corrected chi connectivity index (χ2v) is 7.24. The summed E-state index contributed by atoms with van der Waals surface area (Å²) in [7, 11) is 0. The number of carbonyl (C=O) groups is 1. The summed E-state index contributed by atoms with van der Waals surface area (Å²) in [5.41, 5.74) is -0.790. The van der Waals surface area contributed by atoms with Gasteiger partial charge in [0.25, 0.3) is 0 Å². The quantitative estimate of drug-likeness (QED) is 0.538. The van der Waals surface area contributed by atoms with Gasteiger partial charge in [-0.15, -0.1) is 0 Å². The molecular weight excluding hydrogens is 276 g/mol. The molecule has 0 unspecified atom stereocenters. The van der Waals surface area contributed by atoms with Crippen molar-refractivity contribution >= 4 is 5.97 Å². The van der Waals surface area contributed by atoms with E-state index >= 15 is 0 Å². The lowest BCUT2D eigenvalue weighted by molar-refractivity contribution is -0.560. The zero-order valence-corrected chi connectivity index (χ0v) is 12.6. The van der Waals surface area contributed by atoms with Gasteiger partial charge in [0.05, 0.1) is 12.0 Å². The molecule has 4 saturated heterocycles. The van der Waals surface area contributed by atoms with Crippen LogP contribution in [0.1, 0.15) is 40.0 Å². The van der Waals surface area contributed by atoms with Crippen LogP contribution in [-0.4, -0.2) is 34.9 Å². The highest BCUT2D eigenvalue weighted by Gasteiger charge is 2.71. The number of esters is 1. The number of rotatable bonds is 0. The van der Waals surface area contributed by atoms with Gasteiger partial charge < -0.3 is 14.6 Å². The summed E-state index contributed by atoms with van der Waals surface area (Å²) >= 11 is 0. The second kappa shape index (κ2) is 4.19. The van der Waals surface area contributed by atoms with Crippen LogP contribution >= 0.6 is 0 Å². The Morgan fingerprint density at radius 3 is 2.76 bits per heavy atom. The Balaban J connectivity index is 1.85. The lowest BCUT2D eigenvalue weighted by Crippen LogP contribution is -2.71. The van der Waals surface area contributed by atoms with Crippen LogP contribution in [-0.2, 0) is 24.0 Å². The first-order valence-electron chi connectivity index (χ1n) is 7.80. The van der Waals surface area contributed by atoms with E-state index in [1.807, 2.05) is 13.8 Å². The van der Waals surface area contributed by atoms with Crippen molar-refractivity contribution in [1.82, 2.24) is 0 Å². The number of fused-ring (bicyclic) bond motifs is 2. The Morgan fingerprint density at radius 2 is 2.00 bits per heavy atom. The molecule has 118 valence electrons. The summed E-state index contributed by atoms with van der Waals surface area (Å²) in [6.07, 6.45) is 0.812. The normalized spacial score (nSPS) is 59.1. The Hall–Kier alpha value is -0.690. The minimum atomic E-state index is -0.886. The van der Waals surface area contributed by atoms with E-state index in [1.54, 1.807) is 6.92 Å². The van der Waals surface area contributed by atoms with E-state index < -0.39 is 23.8 Å². The molecule has 0 amide bonds. The van der Waals surface area contributed by atoms with Gasteiger partial charge in [0.1, 0.15) is 0 Å². The molecule has 1 N–H and O–H groups in total. The molecule has 21 heavy (non-hydrogen) atoms. The highest BCUT2D eigenvalue weighted by molar-refractivity contribution is 5.74. The summed E-state index contributed by atoms with van der Waals surface area (Å²) in [6, 6.07) is 0. The lowest BCUT2D eigenvalue weighted by atomic mass is 9.57. The molecule has 1 spiro atoms. The van der Waals surface area contributed by atoms with Gasteiger partial charge in [0.2, 0.25) is 12.1 Å². The minimum absolute atomic E-state index is 0.0520. The molecule has 6 heteroatoms. The first-order valence-corrected chi connectivity index (χ1v) is 7.80. The fraction of sp³-hybridized carbons (Fsp3) is 0.933. The van der Waals surface area contributed by atoms with Gasteiger partial charge in [-0.3, -0.25) is 4.79 Å². The summed E-state index contributed by atoms with van der Waals surface area (Å²) < 4.78 is 11.5. The smallest absolute Gasteiger partial charge is 0.311 e. The van der Waals surface area contributed by atoms with Crippen molar-refractivity contribution in [3.05, 3.63) is 0 Å². The van der Waals surface area contributed by atoms with E-state index in [0.29, 0.717) is 12.8 Å². The standard InChI is InChI=1S/C15H22O6/c1-7-9-4-5-14(3)19-13-15(9,21-20-14)10(6-11(7)16)8(2)12(17)18-13/h7-11,13,16H,4-6H2,1-3H3/t7-,8+,9-,10-,11+,13+,14-,15+/m0/s1. The van der Waals surface area contributed by atoms with Crippen molar-refractivity contribution in [3.63, 3.8) is 0 Å². The van der Waals surface area contributed by atoms with Crippen LogP contribution in [0.5, 0.6) is 0 Å². The van der Waals surface area contributed by atoms with Crippen LogP contribution in [0.15, 0.2) is 0 Å². The van der Waals surface area contributed by atoms with Crippen LogP contribution in [0.2, 0.25) is 0 Å². The highest BCUT2D eigenvalue weighted by Crippen LogP contribution is 2.59. The number of ether oxygens (including phenoxy) is 2. The number of carbonyl (C=O) groups excluding carboxylic acids is 1. The average Bonchev–Trinajstić information content (AvgIpc) is 2.66. The van der Waals surface area contributed by atoms with Crippen molar-refractivity contribution in [1.29, 1.82) is 0 Å². The van der Waals surface area contributed by atoms with Gasteiger partial charge in [-0.1, -0.05) is 13.8 Å². The van der Waals surface area contributed by atoms with Crippen molar-refractivity contribution in [2.75, 3.05) is 0 Å². The second-order valence-electron chi connectivity index (χ2n) is 7.24. The minimum Gasteiger partial charge on any atom is -0.432 e. The maximum absolute atomic E-state index is 12.1. The van der Waals surface area contributed by atoms with Crippen LogP contribution in [0, 0.1) is 23.7 Å². The van der Waals surface area contributed by atoms with Crippen molar-refractivity contribution in [2.24, 2.45) is 23.7 Å². The average molecular weight is 298 g/mol. The van der Waals surface area contributed by atoms with Crippen molar-refractivity contribution in [2.45, 2.75) is 63.8 Å². The Morgan fingerprint density at radius 1 is 1.24 bits per heavy atom. The first-order chi connectivity index (χ1) is 9.87. The monoisotopic (exact) mass is 298 g/mol. The van der Waals surface area contributed by atoms with E-state index in [2.05, 4.69) is 0 Å². The number of aliphatic hydroxyl groups excluding tert-OH is 1. The van der Waals surface area contributed by atoms with Gasteiger partial charge in [-0.05, 0) is 25.7 Å². The van der Waals surface area contributed by atoms with Gasteiger partial charge in [0.15, 0.2) is 5.60 Å². The predicted molar refractivity (Wildman–Crippen MR) is 69.4 cm³/mol. The van der Waals surface area contributed by atoms with Gasteiger partial charge in [-0.25, -0.2) is 9.78 Å². The molecule has 0 aromatic heterocycles. The van der Waals surface area contributed by atoms with E-state index in [4.69, 9.17) is 19.2 Å². The molecule has 5 rings (SSSR count). The van der Waals surface area contributed by atoms with Gasteiger partial charge in [-0.2, -0.15) is 0 Å². The maximum atomic E-state index is 12.1. The summed E-state index contributed by atoms with van der Waals surface area (Å²) in [5, 5.41) is 10.4. The number of hydrogen-bond acceptors (Lipinski definition) is 6. The first kappa shape index (κ1) is 13.9. The fourth-order valence-electron chi connectivity index (χ4n) is 4.72. The summed E-state index contributed by atoms with van der Waals surface area (Å²) in [6.45, 7) is 5.67. The van der Waals surface area contributed by atoms with E-state index in [0.717, 1.165) is 6.42 Å². The third-order valence-electron chi connectivity index (χ3n) is 6.09. The third-order valence-corrected chi connectivity index (χ3v) is 6.09. The molecule has 4 heterocycles. The molecule has 0 aromatic carbocycles. The maximum Gasteiger partial charge on any atom is 0.311 e. The molecule has 0 radical (unpaired) electrons. The number of aliphatic hydroxyl groups is 1. The Kier molecular flexibility index (Phi) is 2.78. The number of hydrogen-bond donors (Lipinski definition) is 1. The molecule has 5 aliphatic rings. The Bertz CT molecular complexity index is 477. The topological polar surface area (TPSA) is 74.2 Å². The van der Waals surface area contributed by atoms with Crippen molar-refractivity contribution in [3.8, 4) is 0 Å².